The molecular formula is C16H23FN2O4S. The fourth-order valence-electron chi connectivity index (χ4n) is 3.04. The van der Waals surface area contributed by atoms with Gasteiger partial charge in [0, 0.05) is 24.2 Å². The molecule has 0 aliphatic carbocycles. The minimum Gasteiger partial charge on any atom is -0.465 e. The number of benzene rings is 1. The second kappa shape index (κ2) is 7.16. The Morgan fingerprint density at radius 3 is 2.67 bits per heavy atom. The summed E-state index contributed by atoms with van der Waals surface area (Å²) >= 11 is 0. The largest absolute Gasteiger partial charge is 0.465 e. The Hall–Kier alpha value is -1.51. The Balaban J connectivity index is 2.56. The molecule has 134 valence electrons. The highest BCUT2D eigenvalue weighted by molar-refractivity contribution is 7.89. The molecule has 0 radical (unpaired) electrons. The zero-order chi connectivity index (χ0) is 18.1. The van der Waals surface area contributed by atoms with Gasteiger partial charge in [0.25, 0.3) is 0 Å². The summed E-state index contributed by atoms with van der Waals surface area (Å²) in [6, 6.07) is 1.48. The lowest BCUT2D eigenvalue weighted by Crippen LogP contribution is -2.51. The lowest BCUT2D eigenvalue weighted by molar-refractivity contribution is 0.0600. The van der Waals surface area contributed by atoms with E-state index in [1.165, 1.54) is 17.3 Å². The highest BCUT2D eigenvalue weighted by Crippen LogP contribution is 2.30. The van der Waals surface area contributed by atoms with E-state index >= 15 is 0 Å². The Morgan fingerprint density at radius 1 is 1.42 bits per heavy atom. The van der Waals surface area contributed by atoms with E-state index in [1.54, 1.807) is 6.92 Å². The first-order valence-corrected chi connectivity index (χ1v) is 9.30. The number of hydrogen-bond acceptors (Lipinski definition) is 5. The number of carbonyl (C=O) groups excluding carboxylic acids is 1. The van der Waals surface area contributed by atoms with Crippen LogP contribution in [-0.4, -0.2) is 44.4 Å². The zero-order valence-electron chi connectivity index (χ0n) is 14.1. The smallest absolute Gasteiger partial charge is 0.337 e. The zero-order valence-corrected chi connectivity index (χ0v) is 14.9. The van der Waals surface area contributed by atoms with Crippen molar-refractivity contribution in [3.05, 3.63) is 29.1 Å². The number of hydrogen-bond donors (Lipinski definition) is 1. The molecule has 2 N–H and O–H groups in total. The highest BCUT2D eigenvalue weighted by Gasteiger charge is 2.37. The van der Waals surface area contributed by atoms with E-state index in [4.69, 9.17) is 5.73 Å². The maximum atomic E-state index is 14.2. The van der Waals surface area contributed by atoms with Crippen LogP contribution in [0.5, 0.6) is 0 Å². The molecule has 1 saturated heterocycles. The minimum absolute atomic E-state index is 0.0170. The van der Waals surface area contributed by atoms with Crippen molar-refractivity contribution in [3.8, 4) is 0 Å². The molecule has 0 spiro atoms. The molecular weight excluding hydrogens is 335 g/mol. The average molecular weight is 358 g/mol. The van der Waals surface area contributed by atoms with Crippen LogP contribution in [0.1, 0.15) is 42.1 Å². The van der Waals surface area contributed by atoms with Gasteiger partial charge >= 0.3 is 5.97 Å². The van der Waals surface area contributed by atoms with Gasteiger partial charge < -0.3 is 10.5 Å². The van der Waals surface area contributed by atoms with Crippen molar-refractivity contribution in [1.82, 2.24) is 4.31 Å². The number of piperidine rings is 1. The number of rotatable bonds is 4. The predicted molar refractivity (Wildman–Crippen MR) is 87.7 cm³/mol. The van der Waals surface area contributed by atoms with E-state index in [1.807, 2.05) is 0 Å². The molecule has 0 aromatic heterocycles. The summed E-state index contributed by atoms with van der Waals surface area (Å²) < 4.78 is 46.3. The molecule has 8 heteroatoms. The summed E-state index contributed by atoms with van der Waals surface area (Å²) in [5, 5.41) is 0. The van der Waals surface area contributed by atoms with Crippen LogP contribution >= 0.6 is 0 Å². The monoisotopic (exact) mass is 358 g/mol. The molecule has 24 heavy (non-hydrogen) atoms. The summed E-state index contributed by atoms with van der Waals surface area (Å²) in [4.78, 5) is 11.5. The molecule has 2 rings (SSSR count). The van der Waals surface area contributed by atoms with Gasteiger partial charge in [-0.25, -0.2) is 17.6 Å². The van der Waals surface area contributed by atoms with Crippen LogP contribution in [0.4, 0.5) is 4.39 Å². The summed E-state index contributed by atoms with van der Waals surface area (Å²) in [7, 11) is -2.81. The SMILES string of the molecule is COC(=O)c1cc(F)c(C)c(S(=O)(=O)N2CCCCC2C(C)N)c1. The molecule has 2 unspecified atom stereocenters. The predicted octanol–water partition coefficient (Wildman–Crippen LogP) is 1.81. The topological polar surface area (TPSA) is 89.7 Å². The first kappa shape index (κ1) is 18.8. The molecule has 6 nitrogen and oxygen atoms in total. The third-order valence-electron chi connectivity index (χ3n) is 4.41. The van der Waals surface area contributed by atoms with Gasteiger partial charge in [-0.05, 0) is 38.8 Å². The van der Waals surface area contributed by atoms with Crippen molar-refractivity contribution in [2.24, 2.45) is 5.73 Å². The summed E-state index contributed by atoms with van der Waals surface area (Å²) in [6.07, 6.45) is 2.28. The molecule has 0 amide bonds. The van der Waals surface area contributed by atoms with Crippen LogP contribution in [-0.2, 0) is 14.8 Å². The first-order valence-electron chi connectivity index (χ1n) is 7.86. The van der Waals surface area contributed by atoms with Gasteiger partial charge in [0.2, 0.25) is 10.0 Å². The van der Waals surface area contributed by atoms with Crippen molar-refractivity contribution in [2.75, 3.05) is 13.7 Å². The summed E-state index contributed by atoms with van der Waals surface area (Å²) in [5.41, 5.74) is 5.80. The number of carbonyl (C=O) groups is 1. The molecule has 2 atom stereocenters. The quantitative estimate of drug-likeness (QED) is 0.829. The molecule has 1 aromatic rings. The third kappa shape index (κ3) is 3.45. The Bertz CT molecular complexity index is 734. The van der Waals surface area contributed by atoms with Crippen LogP contribution in [0, 0.1) is 12.7 Å². The second-order valence-electron chi connectivity index (χ2n) is 6.11. The Labute approximate surface area is 141 Å². The molecule has 1 aliphatic heterocycles. The fraction of sp³-hybridized carbons (Fsp3) is 0.562. The maximum Gasteiger partial charge on any atom is 0.337 e. The van der Waals surface area contributed by atoms with Crippen molar-refractivity contribution in [1.29, 1.82) is 0 Å². The van der Waals surface area contributed by atoms with E-state index < -0.39 is 21.8 Å². The normalized spacial score (nSPS) is 20.6. The van der Waals surface area contributed by atoms with E-state index in [0.29, 0.717) is 13.0 Å². The number of nitrogens with two attached hydrogens (primary N) is 1. The number of esters is 1. The number of nitrogens with zero attached hydrogens (tertiary/aromatic N) is 1. The van der Waals surface area contributed by atoms with Crippen molar-refractivity contribution >= 4 is 16.0 Å². The number of halogens is 1. The Kier molecular flexibility index (Phi) is 5.62. The average Bonchev–Trinajstić information content (AvgIpc) is 2.56. The number of methoxy groups -OCH3 is 1. The van der Waals surface area contributed by atoms with Gasteiger partial charge in [-0.3, -0.25) is 0 Å². The molecule has 1 fully saturated rings. The van der Waals surface area contributed by atoms with Crippen LogP contribution < -0.4 is 5.73 Å². The lowest BCUT2D eigenvalue weighted by Gasteiger charge is -2.37. The van der Waals surface area contributed by atoms with Gasteiger partial charge in [0.15, 0.2) is 0 Å². The maximum absolute atomic E-state index is 14.2. The fourth-order valence-corrected chi connectivity index (χ4v) is 5.07. The van der Waals surface area contributed by atoms with Gasteiger partial charge in [-0.2, -0.15) is 4.31 Å². The van der Waals surface area contributed by atoms with Crippen molar-refractivity contribution in [3.63, 3.8) is 0 Å². The second-order valence-corrected chi connectivity index (χ2v) is 7.97. The van der Waals surface area contributed by atoms with Gasteiger partial charge in [-0.15, -0.1) is 0 Å². The van der Waals surface area contributed by atoms with E-state index in [2.05, 4.69) is 4.74 Å². The molecule has 1 heterocycles. The Morgan fingerprint density at radius 2 is 2.08 bits per heavy atom. The van der Waals surface area contributed by atoms with E-state index in [9.17, 15) is 17.6 Å². The van der Waals surface area contributed by atoms with Gasteiger partial charge in [0.1, 0.15) is 5.82 Å². The van der Waals surface area contributed by atoms with Gasteiger partial charge in [-0.1, -0.05) is 6.42 Å². The van der Waals surface area contributed by atoms with Crippen LogP contribution in [0.15, 0.2) is 17.0 Å². The summed E-state index contributed by atoms with van der Waals surface area (Å²) in [6.45, 7) is 3.48. The number of ether oxygens (including phenoxy) is 1. The molecule has 1 aliphatic rings. The summed E-state index contributed by atoms with van der Waals surface area (Å²) in [5.74, 6) is -1.54. The molecule has 0 bridgehead atoms. The lowest BCUT2D eigenvalue weighted by atomic mass is 10.00. The van der Waals surface area contributed by atoms with Crippen LogP contribution in [0.25, 0.3) is 0 Å². The first-order chi connectivity index (χ1) is 11.2. The molecule has 0 saturated carbocycles. The van der Waals surface area contributed by atoms with E-state index in [0.717, 1.165) is 26.0 Å². The van der Waals surface area contributed by atoms with Crippen LogP contribution in [0.3, 0.4) is 0 Å². The highest BCUT2D eigenvalue weighted by atomic mass is 32.2. The minimum atomic E-state index is -3.97. The van der Waals surface area contributed by atoms with Crippen LogP contribution in [0.2, 0.25) is 0 Å². The van der Waals surface area contributed by atoms with Crippen molar-refractivity contribution < 1.29 is 22.3 Å². The van der Waals surface area contributed by atoms with Crippen molar-refractivity contribution in [2.45, 2.75) is 50.1 Å². The molecule has 1 aromatic carbocycles. The standard InChI is InChI=1S/C16H23FN2O4S/c1-10-13(17)8-12(16(20)23-3)9-15(10)24(21,22)19-7-5-4-6-14(19)11(2)18/h8-9,11,14H,4-7,18H2,1-3H3. The van der Waals surface area contributed by atoms with Gasteiger partial charge in [0.05, 0.1) is 17.6 Å². The van der Waals surface area contributed by atoms with E-state index in [-0.39, 0.29) is 28.1 Å². The third-order valence-corrected chi connectivity index (χ3v) is 6.46. The number of sulfonamides is 1.